The number of aromatic nitrogens is 1. The molecule has 1 aromatic rings. The fourth-order valence-electron chi connectivity index (χ4n) is 1.06. The molecule has 82 valence electrons. The minimum absolute atomic E-state index is 0.555. The van der Waals surface area contributed by atoms with Crippen molar-refractivity contribution in [2.45, 2.75) is 19.3 Å². The summed E-state index contributed by atoms with van der Waals surface area (Å²) in [6.45, 7) is 0.630. The van der Waals surface area contributed by atoms with Crippen LogP contribution in [0, 0.1) is 0 Å². The lowest BCUT2D eigenvalue weighted by Gasteiger charge is -2.05. The molecule has 0 unspecified atom stereocenters. The Morgan fingerprint density at radius 1 is 1.47 bits per heavy atom. The van der Waals surface area contributed by atoms with Crippen molar-refractivity contribution in [3.05, 3.63) is 23.5 Å². The minimum atomic E-state index is 0.555. The molecule has 3 nitrogen and oxygen atoms in total. The van der Waals surface area contributed by atoms with E-state index in [1.807, 2.05) is 0 Å². The van der Waals surface area contributed by atoms with E-state index in [-0.39, 0.29) is 0 Å². The van der Waals surface area contributed by atoms with Crippen molar-refractivity contribution in [2.24, 2.45) is 5.73 Å². The van der Waals surface area contributed by atoms with Crippen LogP contribution in [-0.2, 0) is 0 Å². The molecule has 0 spiro atoms. The van der Waals surface area contributed by atoms with Crippen LogP contribution >= 0.6 is 23.8 Å². The lowest BCUT2D eigenvalue weighted by atomic mass is 10.2. The lowest BCUT2D eigenvalue weighted by molar-refractivity contribution is 0.307. The molecule has 0 fully saturated rings. The molecule has 1 rings (SSSR count). The first-order valence-electron chi connectivity index (χ1n) is 4.70. The monoisotopic (exact) mass is 244 g/mol. The van der Waals surface area contributed by atoms with Gasteiger partial charge in [-0.3, -0.25) is 4.98 Å². The second kappa shape index (κ2) is 6.58. The SMILES string of the molecule is NC(=S)CCCCOc1cncc(Cl)c1. The first kappa shape index (κ1) is 12.2. The summed E-state index contributed by atoms with van der Waals surface area (Å²) in [4.78, 5) is 4.47. The topological polar surface area (TPSA) is 48.1 Å². The van der Waals surface area contributed by atoms with E-state index in [9.17, 15) is 0 Å². The Bertz CT molecular complexity index is 333. The third-order valence-electron chi connectivity index (χ3n) is 1.77. The Morgan fingerprint density at radius 2 is 2.27 bits per heavy atom. The second-order valence-corrected chi connectivity index (χ2v) is 4.07. The zero-order chi connectivity index (χ0) is 11.1. The lowest BCUT2D eigenvalue weighted by Crippen LogP contribution is -2.08. The van der Waals surface area contributed by atoms with Crippen molar-refractivity contribution in [3.63, 3.8) is 0 Å². The van der Waals surface area contributed by atoms with Crippen LogP contribution < -0.4 is 10.5 Å². The van der Waals surface area contributed by atoms with Crippen molar-refractivity contribution in [1.29, 1.82) is 0 Å². The summed E-state index contributed by atoms with van der Waals surface area (Å²) in [6.07, 6.45) is 5.85. The zero-order valence-electron chi connectivity index (χ0n) is 8.28. The zero-order valence-corrected chi connectivity index (χ0v) is 9.85. The summed E-state index contributed by atoms with van der Waals surface area (Å²) in [5.41, 5.74) is 5.37. The van der Waals surface area contributed by atoms with Gasteiger partial charge in [-0.1, -0.05) is 23.8 Å². The minimum Gasteiger partial charge on any atom is -0.492 e. The van der Waals surface area contributed by atoms with Gasteiger partial charge in [0.15, 0.2) is 0 Å². The highest BCUT2D eigenvalue weighted by Gasteiger charge is 1.96. The molecule has 0 amide bonds. The van der Waals surface area contributed by atoms with Gasteiger partial charge in [0, 0.05) is 12.3 Å². The third kappa shape index (κ3) is 5.54. The molecule has 0 radical (unpaired) electrons. The van der Waals surface area contributed by atoms with Crippen molar-refractivity contribution in [2.75, 3.05) is 6.61 Å². The largest absolute Gasteiger partial charge is 0.492 e. The van der Waals surface area contributed by atoms with E-state index in [2.05, 4.69) is 4.98 Å². The predicted octanol–water partition coefficient (Wildman–Crippen LogP) is 2.57. The van der Waals surface area contributed by atoms with E-state index in [1.165, 1.54) is 0 Å². The van der Waals surface area contributed by atoms with Crippen LogP contribution in [0.25, 0.3) is 0 Å². The molecule has 0 bridgehead atoms. The summed E-state index contributed by atoms with van der Waals surface area (Å²) >= 11 is 10.5. The highest BCUT2D eigenvalue weighted by atomic mass is 35.5. The van der Waals surface area contributed by atoms with Crippen LogP contribution in [0.4, 0.5) is 0 Å². The van der Waals surface area contributed by atoms with Gasteiger partial charge in [0.1, 0.15) is 5.75 Å². The van der Waals surface area contributed by atoms with E-state index < -0.39 is 0 Å². The van der Waals surface area contributed by atoms with Crippen LogP contribution in [0.3, 0.4) is 0 Å². The van der Waals surface area contributed by atoms with E-state index in [0.717, 1.165) is 19.3 Å². The van der Waals surface area contributed by atoms with Crippen molar-refractivity contribution >= 4 is 28.8 Å². The molecule has 0 saturated heterocycles. The summed E-state index contributed by atoms with van der Waals surface area (Å²) in [5, 5.41) is 0.579. The van der Waals surface area contributed by atoms with Gasteiger partial charge in [-0.05, 0) is 19.3 Å². The van der Waals surface area contributed by atoms with Gasteiger partial charge in [-0.15, -0.1) is 0 Å². The summed E-state index contributed by atoms with van der Waals surface area (Å²) in [6, 6.07) is 1.74. The highest BCUT2D eigenvalue weighted by molar-refractivity contribution is 7.80. The number of hydrogen-bond donors (Lipinski definition) is 1. The molecule has 0 aliphatic heterocycles. The molecule has 0 aliphatic carbocycles. The van der Waals surface area contributed by atoms with Crippen molar-refractivity contribution in [3.8, 4) is 5.75 Å². The maximum atomic E-state index is 5.75. The Balaban J connectivity index is 2.17. The Labute approximate surface area is 99.6 Å². The van der Waals surface area contributed by atoms with E-state index >= 15 is 0 Å². The number of pyridine rings is 1. The molecule has 0 saturated carbocycles. The Kier molecular flexibility index (Phi) is 5.36. The average molecular weight is 245 g/mol. The first-order chi connectivity index (χ1) is 7.18. The van der Waals surface area contributed by atoms with Gasteiger partial charge in [0.05, 0.1) is 22.8 Å². The maximum absolute atomic E-state index is 5.75. The van der Waals surface area contributed by atoms with Gasteiger partial charge in [0.2, 0.25) is 0 Å². The number of rotatable bonds is 6. The molecule has 0 atom stereocenters. The van der Waals surface area contributed by atoms with E-state index in [0.29, 0.717) is 22.4 Å². The first-order valence-corrected chi connectivity index (χ1v) is 5.49. The van der Waals surface area contributed by atoms with Crippen LogP contribution in [0.1, 0.15) is 19.3 Å². The van der Waals surface area contributed by atoms with Crippen LogP contribution in [0.15, 0.2) is 18.5 Å². The van der Waals surface area contributed by atoms with Crippen LogP contribution in [-0.4, -0.2) is 16.6 Å². The maximum Gasteiger partial charge on any atom is 0.139 e. The molecule has 1 heterocycles. The number of unbranched alkanes of at least 4 members (excludes halogenated alkanes) is 1. The van der Waals surface area contributed by atoms with Crippen LogP contribution in [0.5, 0.6) is 5.75 Å². The standard InChI is InChI=1S/C10H13ClN2OS/c11-8-5-9(7-13-6-8)14-4-2-1-3-10(12)15/h5-7H,1-4H2,(H2,12,15). The normalized spacial score (nSPS) is 9.93. The number of thiocarbonyl (C=S) groups is 1. The number of nitrogens with two attached hydrogens (primary N) is 1. The Morgan fingerprint density at radius 3 is 2.93 bits per heavy atom. The third-order valence-corrected chi connectivity index (χ3v) is 2.18. The second-order valence-electron chi connectivity index (χ2n) is 3.11. The summed E-state index contributed by atoms with van der Waals surface area (Å²) in [7, 11) is 0. The number of nitrogens with zero attached hydrogens (tertiary/aromatic N) is 1. The molecule has 5 heteroatoms. The molecule has 0 aliphatic rings. The number of ether oxygens (including phenoxy) is 1. The predicted molar refractivity (Wildman–Crippen MR) is 65.4 cm³/mol. The molecular formula is C10H13ClN2OS. The Hall–Kier alpha value is -0.870. The van der Waals surface area contributed by atoms with E-state index in [1.54, 1.807) is 18.5 Å². The fraction of sp³-hybridized carbons (Fsp3) is 0.400. The average Bonchev–Trinajstić information content (AvgIpc) is 2.17. The van der Waals surface area contributed by atoms with Crippen LogP contribution in [0.2, 0.25) is 5.02 Å². The van der Waals surface area contributed by atoms with Crippen molar-refractivity contribution < 1.29 is 4.74 Å². The molecule has 1 aromatic heterocycles. The van der Waals surface area contributed by atoms with Gasteiger partial charge >= 0.3 is 0 Å². The molecular weight excluding hydrogens is 232 g/mol. The van der Waals surface area contributed by atoms with Gasteiger partial charge in [-0.25, -0.2) is 0 Å². The number of halogens is 1. The highest BCUT2D eigenvalue weighted by Crippen LogP contribution is 2.15. The quantitative estimate of drug-likeness (QED) is 0.617. The summed E-state index contributed by atoms with van der Waals surface area (Å²) < 4.78 is 5.44. The summed E-state index contributed by atoms with van der Waals surface area (Å²) in [5.74, 6) is 0.692. The number of hydrogen-bond acceptors (Lipinski definition) is 3. The molecule has 0 aromatic carbocycles. The van der Waals surface area contributed by atoms with Crippen molar-refractivity contribution in [1.82, 2.24) is 4.98 Å². The van der Waals surface area contributed by atoms with Gasteiger partial charge in [0.25, 0.3) is 0 Å². The molecule has 15 heavy (non-hydrogen) atoms. The smallest absolute Gasteiger partial charge is 0.139 e. The fourth-order valence-corrected chi connectivity index (χ4v) is 1.37. The van der Waals surface area contributed by atoms with Gasteiger partial charge < -0.3 is 10.5 Å². The molecule has 2 N–H and O–H groups in total. The van der Waals surface area contributed by atoms with Gasteiger partial charge in [-0.2, -0.15) is 0 Å². The van der Waals surface area contributed by atoms with E-state index in [4.69, 9.17) is 34.3 Å².